The fourth-order valence-corrected chi connectivity index (χ4v) is 6.67. The lowest BCUT2D eigenvalue weighted by molar-refractivity contribution is 0.874. The van der Waals surface area contributed by atoms with Crippen LogP contribution in [0.1, 0.15) is 19.8 Å². The van der Waals surface area contributed by atoms with Crippen LogP contribution in [0.4, 0.5) is 0 Å². The van der Waals surface area contributed by atoms with Crippen molar-refractivity contribution in [1.29, 1.82) is 0 Å². The van der Waals surface area contributed by atoms with Crippen molar-refractivity contribution < 1.29 is 0 Å². The Labute approximate surface area is 289 Å². The summed E-state index contributed by atoms with van der Waals surface area (Å²) < 4.78 is 0. The molecule has 6 aliphatic rings. The van der Waals surface area contributed by atoms with Gasteiger partial charge in [-0.05, 0) is 109 Å². The Balaban J connectivity index is 1.66. The van der Waals surface area contributed by atoms with Crippen LogP contribution >= 0.6 is 0 Å². The van der Waals surface area contributed by atoms with Gasteiger partial charge in [0.15, 0.2) is 0 Å². The highest BCUT2D eigenvalue weighted by Crippen LogP contribution is 2.37. The van der Waals surface area contributed by atoms with E-state index >= 15 is 0 Å². The number of nitrogens with two attached hydrogens (primary N) is 2. The Hall–Kier alpha value is -5.86. The van der Waals surface area contributed by atoms with Crippen LogP contribution in [0.25, 0.3) is 0 Å². The Bertz CT molecular complexity index is 1950. The van der Waals surface area contributed by atoms with E-state index in [0.717, 1.165) is 110 Å². The van der Waals surface area contributed by atoms with Gasteiger partial charge in [0.05, 0.1) is 22.8 Å². The molecule has 0 radical (unpaired) electrons. The van der Waals surface area contributed by atoms with Gasteiger partial charge in [-0.3, -0.25) is 0 Å². The van der Waals surface area contributed by atoms with Crippen LogP contribution in [0, 0.1) is 0 Å². The van der Waals surface area contributed by atoms with Crippen LogP contribution in [0.5, 0.6) is 0 Å². The zero-order valence-electron chi connectivity index (χ0n) is 28.0. The molecule has 8 nitrogen and oxygen atoms in total. The van der Waals surface area contributed by atoms with E-state index in [1.807, 2.05) is 43.6 Å². The van der Waals surface area contributed by atoms with Crippen LogP contribution in [0.15, 0.2) is 200 Å². The number of dihydropyridines is 2. The van der Waals surface area contributed by atoms with E-state index in [4.69, 9.17) is 21.5 Å². The molecule has 0 spiro atoms. The summed E-state index contributed by atoms with van der Waals surface area (Å²) in [4.78, 5) is 10.6. The second-order valence-electron chi connectivity index (χ2n) is 11.8. The van der Waals surface area contributed by atoms with Crippen molar-refractivity contribution in [3.63, 3.8) is 0 Å². The first kappa shape index (κ1) is 33.1. The zero-order valence-corrected chi connectivity index (χ0v) is 28.0. The summed E-state index contributed by atoms with van der Waals surface area (Å²) in [6.07, 6.45) is 35.9. The fourth-order valence-electron chi connectivity index (χ4n) is 6.67. The molecule has 8 N–H and O–H groups in total. The summed E-state index contributed by atoms with van der Waals surface area (Å²) in [5, 5.41) is 14.2. The number of aliphatic imine (C=N–C) groups is 2. The summed E-state index contributed by atoms with van der Waals surface area (Å²) in [5.74, 6) is 0. The smallest absolute Gasteiger partial charge is 0.0737 e. The molecule has 1 saturated heterocycles. The number of nitrogens with zero attached hydrogens (tertiary/aromatic N) is 2. The summed E-state index contributed by atoms with van der Waals surface area (Å²) in [7, 11) is 0. The monoisotopic (exact) mass is 648 g/mol. The first-order valence-electron chi connectivity index (χ1n) is 16.7. The van der Waals surface area contributed by atoms with E-state index in [9.17, 15) is 0 Å². The summed E-state index contributed by atoms with van der Waals surface area (Å²) in [6, 6.07) is 0. The largest absolute Gasteiger partial charge is 0.405 e. The number of allylic oxidation sites excluding steroid dienone is 18. The topological polar surface area (TPSA) is 125 Å². The molecule has 6 heterocycles. The van der Waals surface area contributed by atoms with Crippen molar-refractivity contribution in [2.45, 2.75) is 19.8 Å². The highest BCUT2D eigenvalue weighted by atomic mass is 15.0. The zero-order chi connectivity index (χ0) is 34.2. The second kappa shape index (κ2) is 15.4. The van der Waals surface area contributed by atoms with E-state index in [1.54, 1.807) is 12.3 Å². The third kappa shape index (κ3) is 6.91. The molecule has 6 bridgehead atoms. The molecule has 0 amide bonds. The first-order chi connectivity index (χ1) is 24.1. The number of hydrogen-bond acceptors (Lipinski definition) is 8. The average Bonchev–Trinajstić information content (AvgIpc) is 3.92. The fraction of sp³-hybridized carbons (Fsp3) is 0.171. The Morgan fingerprint density at radius 1 is 0.857 bits per heavy atom. The molecule has 1 fully saturated rings. The van der Waals surface area contributed by atoms with Gasteiger partial charge >= 0.3 is 0 Å². The van der Waals surface area contributed by atoms with Gasteiger partial charge in [0.25, 0.3) is 0 Å². The molecule has 0 aliphatic carbocycles. The highest BCUT2D eigenvalue weighted by Gasteiger charge is 2.29. The van der Waals surface area contributed by atoms with Crippen LogP contribution in [0.2, 0.25) is 0 Å². The highest BCUT2D eigenvalue weighted by molar-refractivity contribution is 6.16. The van der Waals surface area contributed by atoms with E-state index in [0.29, 0.717) is 13.1 Å². The number of fused-ring (bicyclic) bond motifs is 4. The third-order valence-electron chi connectivity index (χ3n) is 8.90. The van der Waals surface area contributed by atoms with Gasteiger partial charge in [-0.25, -0.2) is 9.98 Å². The SMILES string of the molecule is C=C/C=C1NCC(/C(C=C)=C/CN)=C2/C=CC(=N2)C(/C(/C=C\N)=C/C)=C2/CC/C(=C(\C3=CCNC=C3)C3=N/C(=C\1C1=CCNC=C1)C=C3)N2. The van der Waals surface area contributed by atoms with E-state index in [-0.39, 0.29) is 0 Å². The minimum atomic E-state index is 0.373. The maximum absolute atomic E-state index is 6.05. The van der Waals surface area contributed by atoms with Crippen molar-refractivity contribution in [3.05, 3.63) is 190 Å². The average molecular weight is 649 g/mol. The molecule has 0 unspecified atom stereocenters. The van der Waals surface area contributed by atoms with E-state index < -0.39 is 0 Å². The predicted molar refractivity (Wildman–Crippen MR) is 205 cm³/mol. The van der Waals surface area contributed by atoms with Gasteiger partial charge in [0.1, 0.15) is 0 Å². The normalized spacial score (nSPS) is 27.8. The molecule has 0 aromatic heterocycles. The molecule has 6 rings (SSSR count). The summed E-state index contributed by atoms with van der Waals surface area (Å²) >= 11 is 0. The van der Waals surface area contributed by atoms with Gasteiger partial charge in [0.2, 0.25) is 0 Å². The Morgan fingerprint density at radius 3 is 2.20 bits per heavy atom. The molecule has 248 valence electrons. The predicted octanol–water partition coefficient (Wildman–Crippen LogP) is 5.66. The molecule has 8 heteroatoms. The maximum atomic E-state index is 6.05. The Kier molecular flexibility index (Phi) is 10.4. The lowest BCUT2D eigenvalue weighted by atomic mass is 9.96. The maximum Gasteiger partial charge on any atom is 0.0737 e. The molecule has 0 aromatic rings. The number of hydrogen-bond donors (Lipinski definition) is 6. The van der Waals surface area contributed by atoms with Gasteiger partial charge in [-0.1, -0.05) is 49.6 Å². The summed E-state index contributed by atoms with van der Waals surface area (Å²) in [6.45, 7) is 12.5. The Morgan fingerprint density at radius 2 is 1.55 bits per heavy atom. The molecular weight excluding hydrogens is 605 g/mol. The standard InChI is InChI=1S/C41H44N8/c1-4-7-33-40(29-16-22-44-23-17-29)36-11-13-38(49-36)41(30-18-24-45-25-19-30)37-12-10-35(48-37)39(28(6-3)15-21-43)34-9-8-32(47-34)31(26-46-33)27(5-2)14-20-42/h4-9,11,13-19,21-22,24,44-46,48H,1-2,10,12,20,23,25-26,42-43H2,3H3/b21-15-,27-14+,28-6+,32-31+,33-7-,39-35-,40-36-,41-37-. The second-order valence-corrected chi connectivity index (χ2v) is 11.8. The van der Waals surface area contributed by atoms with Gasteiger partial charge < -0.3 is 32.7 Å². The van der Waals surface area contributed by atoms with Crippen molar-refractivity contribution in [1.82, 2.24) is 21.3 Å². The van der Waals surface area contributed by atoms with Crippen LogP contribution in [-0.2, 0) is 0 Å². The number of nitrogens with one attached hydrogen (secondary N) is 4. The summed E-state index contributed by atoms with van der Waals surface area (Å²) in [5.41, 5.74) is 26.8. The number of rotatable bonds is 8. The minimum absolute atomic E-state index is 0.373. The van der Waals surface area contributed by atoms with Crippen LogP contribution in [0.3, 0.4) is 0 Å². The molecule has 0 saturated carbocycles. The van der Waals surface area contributed by atoms with E-state index in [1.165, 1.54) is 0 Å². The lowest BCUT2D eigenvalue weighted by Crippen LogP contribution is -2.22. The van der Waals surface area contributed by atoms with Gasteiger partial charge in [0, 0.05) is 65.6 Å². The quantitative estimate of drug-likeness (QED) is 0.189. The molecular formula is C41H44N8. The molecule has 0 atom stereocenters. The minimum Gasteiger partial charge on any atom is -0.405 e. The van der Waals surface area contributed by atoms with Crippen molar-refractivity contribution >= 4 is 11.4 Å². The molecule has 49 heavy (non-hydrogen) atoms. The van der Waals surface area contributed by atoms with Crippen molar-refractivity contribution in [2.75, 3.05) is 26.2 Å². The van der Waals surface area contributed by atoms with Crippen molar-refractivity contribution in [3.8, 4) is 0 Å². The molecule has 6 aliphatic heterocycles. The lowest BCUT2D eigenvalue weighted by Gasteiger charge is -2.21. The first-order valence-corrected chi connectivity index (χ1v) is 16.7. The van der Waals surface area contributed by atoms with Gasteiger partial charge in [-0.15, -0.1) is 0 Å². The molecule has 0 aromatic carbocycles. The van der Waals surface area contributed by atoms with Crippen LogP contribution < -0.4 is 32.7 Å². The van der Waals surface area contributed by atoms with Crippen molar-refractivity contribution in [2.24, 2.45) is 21.5 Å². The van der Waals surface area contributed by atoms with E-state index in [2.05, 4.69) is 89.1 Å². The van der Waals surface area contributed by atoms with Crippen LogP contribution in [-0.4, -0.2) is 37.6 Å². The third-order valence-corrected chi connectivity index (χ3v) is 8.90. The van der Waals surface area contributed by atoms with Gasteiger partial charge in [-0.2, -0.15) is 0 Å².